The standard InChI is InChI=1S/C14H22FN3/c1-17(9-7-16)13-6-8-18(11-13)10-12-4-2-3-5-14(12)15/h2-5,13H,6-11,16H2,1H3. The molecule has 0 spiro atoms. The van der Waals surface area contributed by atoms with E-state index in [2.05, 4.69) is 16.8 Å². The average Bonchev–Trinajstić information content (AvgIpc) is 2.81. The molecule has 0 saturated carbocycles. The molecule has 2 N–H and O–H groups in total. The lowest BCUT2D eigenvalue weighted by Gasteiger charge is -2.24. The van der Waals surface area contributed by atoms with Gasteiger partial charge in [-0.3, -0.25) is 4.90 Å². The van der Waals surface area contributed by atoms with Crippen molar-refractivity contribution in [2.45, 2.75) is 19.0 Å². The molecule has 4 heteroatoms. The Hall–Kier alpha value is -0.970. The lowest BCUT2D eigenvalue weighted by Crippen LogP contribution is -2.37. The molecule has 1 aliphatic heterocycles. The summed E-state index contributed by atoms with van der Waals surface area (Å²) in [5.74, 6) is -0.101. The first-order chi connectivity index (χ1) is 8.70. The van der Waals surface area contributed by atoms with Crippen LogP contribution in [0.2, 0.25) is 0 Å². The second-order valence-corrected chi connectivity index (χ2v) is 5.04. The van der Waals surface area contributed by atoms with Crippen molar-refractivity contribution in [3.8, 4) is 0 Å². The summed E-state index contributed by atoms with van der Waals surface area (Å²) in [6.45, 7) is 4.37. The molecule has 3 nitrogen and oxygen atoms in total. The van der Waals surface area contributed by atoms with Crippen LogP contribution in [0.15, 0.2) is 24.3 Å². The highest BCUT2D eigenvalue weighted by molar-refractivity contribution is 5.17. The Morgan fingerprint density at radius 2 is 2.22 bits per heavy atom. The summed E-state index contributed by atoms with van der Waals surface area (Å²) >= 11 is 0. The van der Waals surface area contributed by atoms with Crippen molar-refractivity contribution in [1.82, 2.24) is 9.80 Å². The monoisotopic (exact) mass is 251 g/mol. The van der Waals surface area contributed by atoms with E-state index in [0.717, 1.165) is 31.6 Å². The van der Waals surface area contributed by atoms with Crippen LogP contribution in [0, 0.1) is 5.82 Å². The fourth-order valence-corrected chi connectivity index (χ4v) is 2.57. The fraction of sp³-hybridized carbons (Fsp3) is 0.571. The van der Waals surface area contributed by atoms with E-state index in [1.165, 1.54) is 6.07 Å². The average molecular weight is 251 g/mol. The van der Waals surface area contributed by atoms with Crippen molar-refractivity contribution >= 4 is 0 Å². The van der Waals surface area contributed by atoms with E-state index in [0.29, 0.717) is 19.1 Å². The summed E-state index contributed by atoms with van der Waals surface area (Å²) in [4.78, 5) is 4.62. The first-order valence-electron chi connectivity index (χ1n) is 6.56. The number of benzene rings is 1. The summed E-state index contributed by atoms with van der Waals surface area (Å²) in [6, 6.07) is 7.59. The number of halogens is 1. The SMILES string of the molecule is CN(CCN)C1CCN(Cc2ccccc2F)C1. The van der Waals surface area contributed by atoms with Gasteiger partial charge in [-0.2, -0.15) is 0 Å². The molecule has 1 atom stereocenters. The predicted octanol–water partition coefficient (Wildman–Crippen LogP) is 1.29. The maximum atomic E-state index is 13.6. The molecule has 0 aromatic heterocycles. The predicted molar refractivity (Wildman–Crippen MR) is 71.8 cm³/mol. The summed E-state index contributed by atoms with van der Waals surface area (Å²) in [6.07, 6.45) is 1.14. The number of likely N-dealkylation sites (tertiary alicyclic amines) is 1. The number of likely N-dealkylation sites (N-methyl/N-ethyl adjacent to an activating group) is 1. The van der Waals surface area contributed by atoms with Gasteiger partial charge in [0.05, 0.1) is 0 Å². The molecule has 1 fully saturated rings. The van der Waals surface area contributed by atoms with Gasteiger partial charge in [0.1, 0.15) is 5.82 Å². The van der Waals surface area contributed by atoms with E-state index in [4.69, 9.17) is 5.73 Å². The zero-order chi connectivity index (χ0) is 13.0. The quantitative estimate of drug-likeness (QED) is 0.856. The van der Waals surface area contributed by atoms with E-state index in [9.17, 15) is 4.39 Å². The van der Waals surface area contributed by atoms with Crippen LogP contribution in [0.5, 0.6) is 0 Å². The molecule has 1 saturated heterocycles. The van der Waals surface area contributed by atoms with Gasteiger partial charge in [0, 0.05) is 44.3 Å². The molecule has 1 heterocycles. The summed E-state index contributed by atoms with van der Waals surface area (Å²) in [5, 5.41) is 0. The maximum Gasteiger partial charge on any atom is 0.127 e. The van der Waals surface area contributed by atoms with Crippen LogP contribution in [-0.2, 0) is 6.54 Å². The highest BCUT2D eigenvalue weighted by Crippen LogP contribution is 2.18. The minimum Gasteiger partial charge on any atom is -0.329 e. The first-order valence-corrected chi connectivity index (χ1v) is 6.56. The van der Waals surface area contributed by atoms with E-state index in [1.54, 1.807) is 6.07 Å². The minimum atomic E-state index is -0.101. The molecule has 1 aromatic carbocycles. The lowest BCUT2D eigenvalue weighted by molar-refractivity contribution is 0.233. The van der Waals surface area contributed by atoms with Gasteiger partial charge in [-0.1, -0.05) is 18.2 Å². The minimum absolute atomic E-state index is 0.101. The Kier molecular flexibility index (Phi) is 4.69. The Morgan fingerprint density at radius 1 is 1.44 bits per heavy atom. The highest BCUT2D eigenvalue weighted by atomic mass is 19.1. The van der Waals surface area contributed by atoms with E-state index in [1.807, 2.05) is 12.1 Å². The van der Waals surface area contributed by atoms with Crippen molar-refractivity contribution in [3.63, 3.8) is 0 Å². The van der Waals surface area contributed by atoms with Gasteiger partial charge >= 0.3 is 0 Å². The fourth-order valence-electron chi connectivity index (χ4n) is 2.57. The molecular formula is C14H22FN3. The van der Waals surface area contributed by atoms with Gasteiger partial charge < -0.3 is 10.6 Å². The van der Waals surface area contributed by atoms with Gasteiger partial charge in [0.15, 0.2) is 0 Å². The molecule has 0 aliphatic carbocycles. The molecular weight excluding hydrogens is 229 g/mol. The number of hydrogen-bond donors (Lipinski definition) is 1. The van der Waals surface area contributed by atoms with Crippen molar-refractivity contribution in [2.75, 3.05) is 33.2 Å². The third-order valence-corrected chi connectivity index (χ3v) is 3.70. The second-order valence-electron chi connectivity index (χ2n) is 5.04. The van der Waals surface area contributed by atoms with E-state index < -0.39 is 0 Å². The Balaban J connectivity index is 1.88. The molecule has 1 aliphatic rings. The van der Waals surface area contributed by atoms with Gasteiger partial charge in [-0.05, 0) is 19.5 Å². The highest BCUT2D eigenvalue weighted by Gasteiger charge is 2.25. The lowest BCUT2D eigenvalue weighted by atomic mass is 10.2. The number of hydrogen-bond acceptors (Lipinski definition) is 3. The summed E-state index contributed by atoms with van der Waals surface area (Å²) in [7, 11) is 2.12. The van der Waals surface area contributed by atoms with E-state index in [-0.39, 0.29) is 5.82 Å². The van der Waals surface area contributed by atoms with Crippen LogP contribution in [0.25, 0.3) is 0 Å². The second kappa shape index (κ2) is 6.27. The van der Waals surface area contributed by atoms with Gasteiger partial charge in [0.25, 0.3) is 0 Å². The number of rotatable bonds is 5. The van der Waals surface area contributed by atoms with Gasteiger partial charge in [-0.15, -0.1) is 0 Å². The van der Waals surface area contributed by atoms with Crippen LogP contribution in [0.3, 0.4) is 0 Å². The third-order valence-electron chi connectivity index (χ3n) is 3.70. The van der Waals surface area contributed by atoms with Crippen LogP contribution < -0.4 is 5.73 Å². The topological polar surface area (TPSA) is 32.5 Å². The molecule has 0 amide bonds. The molecule has 0 radical (unpaired) electrons. The summed E-state index contributed by atoms with van der Waals surface area (Å²) < 4.78 is 13.6. The Labute approximate surface area is 108 Å². The van der Waals surface area contributed by atoms with Crippen molar-refractivity contribution in [2.24, 2.45) is 5.73 Å². The summed E-state index contributed by atoms with van der Waals surface area (Å²) in [5.41, 5.74) is 6.36. The van der Waals surface area contributed by atoms with E-state index >= 15 is 0 Å². The van der Waals surface area contributed by atoms with Crippen LogP contribution >= 0.6 is 0 Å². The number of nitrogens with zero attached hydrogens (tertiary/aromatic N) is 2. The first kappa shape index (κ1) is 13.5. The molecule has 100 valence electrons. The van der Waals surface area contributed by atoms with Gasteiger partial charge in [-0.25, -0.2) is 4.39 Å². The van der Waals surface area contributed by atoms with Crippen molar-refractivity contribution in [1.29, 1.82) is 0 Å². The normalized spacial score (nSPS) is 20.8. The zero-order valence-electron chi connectivity index (χ0n) is 11.0. The van der Waals surface area contributed by atoms with Crippen molar-refractivity contribution < 1.29 is 4.39 Å². The Bertz CT molecular complexity index is 383. The Morgan fingerprint density at radius 3 is 2.94 bits per heavy atom. The van der Waals surface area contributed by atoms with Gasteiger partial charge in [0.2, 0.25) is 0 Å². The molecule has 0 bridgehead atoms. The molecule has 1 unspecified atom stereocenters. The smallest absolute Gasteiger partial charge is 0.127 e. The van der Waals surface area contributed by atoms with Crippen LogP contribution in [0.4, 0.5) is 4.39 Å². The maximum absolute atomic E-state index is 13.6. The van der Waals surface area contributed by atoms with Crippen LogP contribution in [-0.4, -0.2) is 49.1 Å². The third kappa shape index (κ3) is 3.28. The number of nitrogens with two attached hydrogens (primary N) is 1. The van der Waals surface area contributed by atoms with Crippen LogP contribution in [0.1, 0.15) is 12.0 Å². The molecule has 2 rings (SSSR count). The zero-order valence-corrected chi connectivity index (χ0v) is 11.0. The van der Waals surface area contributed by atoms with Crippen molar-refractivity contribution in [3.05, 3.63) is 35.6 Å². The largest absolute Gasteiger partial charge is 0.329 e. The molecule has 1 aromatic rings. The molecule has 18 heavy (non-hydrogen) atoms.